The second-order valence-corrected chi connectivity index (χ2v) is 9.06. The Bertz CT molecular complexity index is 482. The first kappa shape index (κ1) is 17.1. The van der Waals surface area contributed by atoms with Gasteiger partial charge in [-0.25, -0.2) is 0 Å². The number of rotatable bonds is 2. The molecule has 1 aromatic carbocycles. The summed E-state index contributed by atoms with van der Waals surface area (Å²) in [4.78, 5) is 0. The average Bonchev–Trinajstić information content (AvgIpc) is 2.09. The van der Waals surface area contributed by atoms with Crippen molar-refractivity contribution in [1.82, 2.24) is 0 Å². The molecule has 1 rings (SSSR count). The Morgan fingerprint density at radius 2 is 1.35 bits per heavy atom. The summed E-state index contributed by atoms with van der Waals surface area (Å²) in [6, 6.07) is 4.15. The Morgan fingerprint density at radius 3 is 1.75 bits per heavy atom. The predicted octanol–water partition coefficient (Wildman–Crippen LogP) is 5.71. The number of hydrogen-bond donors (Lipinski definition) is 1. The molecule has 1 heteroatoms. The molecule has 20 heavy (non-hydrogen) atoms. The number of benzene rings is 1. The molecule has 0 saturated heterocycles. The minimum absolute atomic E-state index is 0.0317. The van der Waals surface area contributed by atoms with Crippen LogP contribution in [-0.2, 0) is 10.8 Å². The van der Waals surface area contributed by atoms with E-state index in [-0.39, 0.29) is 16.2 Å². The highest BCUT2D eigenvalue weighted by molar-refractivity contribution is 5.47. The zero-order valence-corrected chi connectivity index (χ0v) is 14.8. The zero-order valence-electron chi connectivity index (χ0n) is 14.8. The lowest BCUT2D eigenvalue weighted by atomic mass is 9.70. The summed E-state index contributed by atoms with van der Waals surface area (Å²) in [6.07, 6.45) is 1.04. The van der Waals surface area contributed by atoms with Crippen LogP contribution in [0.15, 0.2) is 12.1 Å². The number of phenols is 1. The number of aromatic hydroxyl groups is 1. The van der Waals surface area contributed by atoms with E-state index in [1.807, 2.05) is 6.07 Å². The Morgan fingerprint density at radius 1 is 0.850 bits per heavy atom. The van der Waals surface area contributed by atoms with E-state index in [0.717, 1.165) is 12.0 Å². The molecule has 1 N–H and O–H groups in total. The lowest BCUT2D eigenvalue weighted by Crippen LogP contribution is -2.26. The minimum atomic E-state index is -0.0317. The molecule has 1 aromatic rings. The van der Waals surface area contributed by atoms with Crippen LogP contribution >= 0.6 is 0 Å². The molecule has 0 aliphatic rings. The Kier molecular flexibility index (Phi) is 4.35. The van der Waals surface area contributed by atoms with E-state index in [2.05, 4.69) is 68.4 Å². The van der Waals surface area contributed by atoms with Gasteiger partial charge in [-0.2, -0.15) is 0 Å². The fraction of sp³-hybridized carbons (Fsp3) is 0.684. The van der Waals surface area contributed by atoms with Gasteiger partial charge >= 0.3 is 0 Å². The third-order valence-corrected chi connectivity index (χ3v) is 3.85. The molecular weight excluding hydrogens is 244 g/mol. The lowest BCUT2D eigenvalue weighted by molar-refractivity contribution is 0.278. The van der Waals surface area contributed by atoms with Crippen LogP contribution in [-0.4, -0.2) is 5.11 Å². The molecule has 0 atom stereocenters. The third kappa shape index (κ3) is 4.01. The molecule has 0 aliphatic heterocycles. The summed E-state index contributed by atoms with van der Waals surface area (Å²) in [7, 11) is 0. The molecule has 0 bridgehead atoms. The summed E-state index contributed by atoms with van der Waals surface area (Å²) < 4.78 is 0. The third-order valence-electron chi connectivity index (χ3n) is 3.85. The predicted molar refractivity (Wildman–Crippen MR) is 88.6 cm³/mol. The highest BCUT2D eigenvalue weighted by Crippen LogP contribution is 2.42. The summed E-state index contributed by atoms with van der Waals surface area (Å²) in [5.74, 6) is 0.435. The first-order valence-corrected chi connectivity index (χ1v) is 7.59. The van der Waals surface area contributed by atoms with Crippen LogP contribution in [0.2, 0.25) is 0 Å². The van der Waals surface area contributed by atoms with E-state index in [1.54, 1.807) is 0 Å². The van der Waals surface area contributed by atoms with Crippen molar-refractivity contribution < 1.29 is 5.11 Å². The van der Waals surface area contributed by atoms with Crippen molar-refractivity contribution in [2.45, 2.75) is 79.6 Å². The molecule has 0 saturated carbocycles. The first-order chi connectivity index (χ1) is 8.74. The van der Waals surface area contributed by atoms with E-state index in [1.165, 1.54) is 11.1 Å². The monoisotopic (exact) mass is 276 g/mol. The van der Waals surface area contributed by atoms with Gasteiger partial charge in [-0.3, -0.25) is 0 Å². The maximum atomic E-state index is 10.4. The maximum absolute atomic E-state index is 10.4. The van der Waals surface area contributed by atoms with E-state index >= 15 is 0 Å². The van der Waals surface area contributed by atoms with Crippen molar-refractivity contribution >= 4 is 0 Å². The quantitative estimate of drug-likeness (QED) is 0.733. The molecule has 1 nitrogen and oxygen atoms in total. The number of aryl methyl sites for hydroxylation is 1. The van der Waals surface area contributed by atoms with Crippen LogP contribution in [0.1, 0.15) is 78.5 Å². The van der Waals surface area contributed by atoms with Crippen molar-refractivity contribution in [2.24, 2.45) is 5.41 Å². The first-order valence-electron chi connectivity index (χ1n) is 7.59. The molecule has 0 aliphatic carbocycles. The van der Waals surface area contributed by atoms with Crippen LogP contribution in [0.4, 0.5) is 0 Å². The van der Waals surface area contributed by atoms with Crippen molar-refractivity contribution in [3.8, 4) is 5.75 Å². The molecule has 0 unspecified atom stereocenters. The van der Waals surface area contributed by atoms with E-state index in [9.17, 15) is 5.11 Å². The second-order valence-electron chi connectivity index (χ2n) is 9.06. The molecule has 0 radical (unpaired) electrons. The van der Waals surface area contributed by atoms with E-state index in [4.69, 9.17) is 0 Å². The van der Waals surface area contributed by atoms with Gasteiger partial charge in [0.25, 0.3) is 0 Å². The van der Waals surface area contributed by atoms with Crippen LogP contribution in [0, 0.1) is 12.3 Å². The molecule has 0 fully saturated rings. The van der Waals surface area contributed by atoms with Crippen molar-refractivity contribution in [2.75, 3.05) is 0 Å². The average molecular weight is 276 g/mol. The van der Waals surface area contributed by atoms with Gasteiger partial charge in [-0.15, -0.1) is 0 Å². The van der Waals surface area contributed by atoms with Crippen molar-refractivity contribution in [3.63, 3.8) is 0 Å². The fourth-order valence-corrected chi connectivity index (χ4v) is 3.46. The molecule has 114 valence electrons. The van der Waals surface area contributed by atoms with Gasteiger partial charge in [0.2, 0.25) is 0 Å². The van der Waals surface area contributed by atoms with Gasteiger partial charge in [0.1, 0.15) is 5.75 Å². The maximum Gasteiger partial charge on any atom is 0.119 e. The standard InChI is InChI=1S/C19H32O/c1-13-10-16(20)15(11-14(13)18(5,6)7)19(8,9)12-17(2,3)4/h10-11,20H,12H2,1-9H3. The molecule has 0 aromatic heterocycles. The SMILES string of the molecule is Cc1cc(O)c(C(C)(C)CC(C)(C)C)cc1C(C)(C)C. The Balaban J connectivity index is 3.38. The number of hydrogen-bond acceptors (Lipinski definition) is 1. The molecular formula is C19H32O. The highest BCUT2D eigenvalue weighted by Gasteiger charge is 2.31. The lowest BCUT2D eigenvalue weighted by Gasteiger charge is -2.35. The van der Waals surface area contributed by atoms with E-state index in [0.29, 0.717) is 5.75 Å². The Hall–Kier alpha value is -0.980. The van der Waals surface area contributed by atoms with Gasteiger partial charge < -0.3 is 5.11 Å². The molecule has 0 heterocycles. The van der Waals surface area contributed by atoms with Crippen LogP contribution in [0.25, 0.3) is 0 Å². The fourth-order valence-electron chi connectivity index (χ4n) is 3.46. The number of phenolic OH excluding ortho intramolecular Hbond substituents is 1. The van der Waals surface area contributed by atoms with Crippen molar-refractivity contribution in [1.29, 1.82) is 0 Å². The smallest absolute Gasteiger partial charge is 0.119 e. The highest BCUT2D eigenvalue weighted by atomic mass is 16.3. The largest absolute Gasteiger partial charge is 0.508 e. The minimum Gasteiger partial charge on any atom is -0.508 e. The van der Waals surface area contributed by atoms with Crippen LogP contribution in [0.3, 0.4) is 0 Å². The second kappa shape index (κ2) is 5.09. The normalized spacial score (nSPS) is 13.7. The summed E-state index contributed by atoms with van der Waals surface area (Å²) in [5.41, 5.74) is 3.88. The van der Waals surface area contributed by atoms with Crippen LogP contribution < -0.4 is 0 Å². The molecule has 0 spiro atoms. The summed E-state index contributed by atoms with van der Waals surface area (Å²) in [5, 5.41) is 10.4. The Labute approximate surface area is 125 Å². The zero-order chi connectivity index (χ0) is 15.9. The van der Waals surface area contributed by atoms with Gasteiger partial charge in [-0.05, 0) is 52.3 Å². The van der Waals surface area contributed by atoms with Gasteiger partial charge in [0, 0.05) is 0 Å². The van der Waals surface area contributed by atoms with Gasteiger partial charge in [0.05, 0.1) is 0 Å². The molecule has 0 amide bonds. The van der Waals surface area contributed by atoms with E-state index < -0.39 is 0 Å². The summed E-state index contributed by atoms with van der Waals surface area (Å²) in [6.45, 7) is 20.0. The topological polar surface area (TPSA) is 20.2 Å². The van der Waals surface area contributed by atoms with Gasteiger partial charge in [-0.1, -0.05) is 61.5 Å². The van der Waals surface area contributed by atoms with Crippen LogP contribution in [0.5, 0.6) is 5.75 Å². The van der Waals surface area contributed by atoms with Crippen molar-refractivity contribution in [3.05, 3.63) is 28.8 Å². The van der Waals surface area contributed by atoms with Gasteiger partial charge in [0.15, 0.2) is 0 Å². The summed E-state index contributed by atoms with van der Waals surface area (Å²) >= 11 is 0.